The number of nitrogens with zero attached hydrogens (tertiary/aromatic N) is 1. The normalized spacial score (nSPS) is 10.8. The van der Waals surface area contributed by atoms with Crippen molar-refractivity contribution >= 4 is 22.1 Å². The van der Waals surface area contributed by atoms with E-state index in [0.717, 1.165) is 16.5 Å². The Morgan fingerprint density at radius 1 is 1.33 bits per heavy atom. The second-order valence-electron chi connectivity index (χ2n) is 3.30. The Morgan fingerprint density at radius 2 is 2.13 bits per heavy atom. The van der Waals surface area contributed by atoms with Crippen molar-refractivity contribution in [2.45, 2.75) is 26.2 Å². The molecule has 0 aliphatic rings. The summed E-state index contributed by atoms with van der Waals surface area (Å²) in [4.78, 5) is 5.14. The fourth-order valence-electron chi connectivity index (χ4n) is 1.14. The van der Waals surface area contributed by atoms with Gasteiger partial charge < -0.3 is 4.84 Å². The first-order valence-electron chi connectivity index (χ1n) is 5.24. The van der Waals surface area contributed by atoms with Crippen LogP contribution in [0.5, 0.6) is 0 Å². The Morgan fingerprint density at radius 3 is 2.87 bits per heavy atom. The quantitative estimate of drug-likeness (QED) is 0.435. The van der Waals surface area contributed by atoms with Crippen LogP contribution in [0.2, 0.25) is 0 Å². The SMILES string of the molecule is CCCCCON=Cc1ccccc1Br. The lowest BCUT2D eigenvalue weighted by atomic mass is 10.2. The van der Waals surface area contributed by atoms with Gasteiger partial charge in [0.1, 0.15) is 6.61 Å². The summed E-state index contributed by atoms with van der Waals surface area (Å²) >= 11 is 3.44. The lowest BCUT2D eigenvalue weighted by Crippen LogP contribution is -1.89. The van der Waals surface area contributed by atoms with Crippen LogP contribution in [0.15, 0.2) is 33.9 Å². The monoisotopic (exact) mass is 269 g/mol. The van der Waals surface area contributed by atoms with Crippen molar-refractivity contribution in [3.63, 3.8) is 0 Å². The molecule has 0 saturated heterocycles. The maximum atomic E-state index is 5.14. The molecule has 3 heteroatoms. The number of oxime groups is 1. The van der Waals surface area contributed by atoms with E-state index < -0.39 is 0 Å². The minimum Gasteiger partial charge on any atom is -0.396 e. The highest BCUT2D eigenvalue weighted by molar-refractivity contribution is 9.10. The molecule has 1 aromatic rings. The number of unbranched alkanes of at least 4 members (excludes halogenated alkanes) is 2. The van der Waals surface area contributed by atoms with Crippen LogP contribution < -0.4 is 0 Å². The smallest absolute Gasteiger partial charge is 0.117 e. The van der Waals surface area contributed by atoms with Crippen molar-refractivity contribution < 1.29 is 4.84 Å². The average Bonchev–Trinajstić information content (AvgIpc) is 2.25. The predicted molar refractivity (Wildman–Crippen MR) is 67.2 cm³/mol. The van der Waals surface area contributed by atoms with Crippen LogP contribution in [-0.2, 0) is 4.84 Å². The van der Waals surface area contributed by atoms with Crippen LogP contribution >= 0.6 is 15.9 Å². The van der Waals surface area contributed by atoms with Gasteiger partial charge in [0, 0.05) is 10.0 Å². The summed E-state index contributed by atoms with van der Waals surface area (Å²) in [6, 6.07) is 7.92. The maximum absolute atomic E-state index is 5.14. The molecule has 0 unspecified atom stereocenters. The van der Waals surface area contributed by atoms with Crippen LogP contribution in [0, 0.1) is 0 Å². The Balaban J connectivity index is 2.29. The van der Waals surface area contributed by atoms with Gasteiger partial charge in [-0.1, -0.05) is 59.1 Å². The van der Waals surface area contributed by atoms with E-state index in [1.165, 1.54) is 12.8 Å². The highest BCUT2D eigenvalue weighted by Crippen LogP contribution is 2.13. The first-order valence-corrected chi connectivity index (χ1v) is 6.03. The molecule has 0 aromatic heterocycles. The minimum absolute atomic E-state index is 0.703. The fourth-order valence-corrected chi connectivity index (χ4v) is 1.53. The van der Waals surface area contributed by atoms with E-state index in [0.29, 0.717) is 6.61 Å². The van der Waals surface area contributed by atoms with E-state index in [1.54, 1.807) is 6.21 Å². The molecule has 0 radical (unpaired) electrons. The molecule has 0 saturated carbocycles. The molecule has 0 fully saturated rings. The Labute approximate surface area is 99.5 Å². The van der Waals surface area contributed by atoms with E-state index >= 15 is 0 Å². The molecule has 0 aliphatic carbocycles. The molecule has 0 aliphatic heterocycles. The van der Waals surface area contributed by atoms with E-state index in [1.807, 2.05) is 24.3 Å². The molecule has 0 spiro atoms. The molecule has 82 valence electrons. The van der Waals surface area contributed by atoms with Crippen LogP contribution in [0.4, 0.5) is 0 Å². The van der Waals surface area contributed by atoms with Gasteiger partial charge in [-0.25, -0.2) is 0 Å². The summed E-state index contributed by atoms with van der Waals surface area (Å²) in [6.07, 6.45) is 5.21. The summed E-state index contributed by atoms with van der Waals surface area (Å²) in [6.45, 7) is 2.87. The summed E-state index contributed by atoms with van der Waals surface area (Å²) in [7, 11) is 0. The molecular weight excluding hydrogens is 254 g/mol. The number of hydrogen-bond donors (Lipinski definition) is 0. The molecule has 0 atom stereocenters. The average molecular weight is 270 g/mol. The number of benzene rings is 1. The van der Waals surface area contributed by atoms with Crippen LogP contribution in [-0.4, -0.2) is 12.8 Å². The van der Waals surface area contributed by atoms with Gasteiger partial charge in [-0.3, -0.25) is 0 Å². The molecule has 1 rings (SSSR count). The second kappa shape index (κ2) is 7.46. The van der Waals surface area contributed by atoms with Gasteiger partial charge in [-0.05, 0) is 12.5 Å². The largest absolute Gasteiger partial charge is 0.396 e. The molecule has 0 N–H and O–H groups in total. The first-order chi connectivity index (χ1) is 7.34. The third kappa shape index (κ3) is 4.98. The van der Waals surface area contributed by atoms with Crippen LogP contribution in [0.3, 0.4) is 0 Å². The number of rotatable bonds is 6. The van der Waals surface area contributed by atoms with Crippen LogP contribution in [0.25, 0.3) is 0 Å². The number of hydrogen-bond acceptors (Lipinski definition) is 2. The summed E-state index contributed by atoms with van der Waals surface area (Å²) in [5.74, 6) is 0. The maximum Gasteiger partial charge on any atom is 0.117 e. The molecule has 15 heavy (non-hydrogen) atoms. The fraction of sp³-hybridized carbons (Fsp3) is 0.417. The molecule has 0 amide bonds. The summed E-state index contributed by atoms with van der Waals surface area (Å²) in [5, 5.41) is 3.92. The summed E-state index contributed by atoms with van der Waals surface area (Å²) in [5.41, 5.74) is 1.04. The van der Waals surface area contributed by atoms with Crippen molar-refractivity contribution in [3.8, 4) is 0 Å². The number of halogens is 1. The minimum atomic E-state index is 0.703. The standard InChI is InChI=1S/C12H16BrNO/c1-2-3-6-9-15-14-10-11-7-4-5-8-12(11)13/h4-5,7-8,10H,2-3,6,9H2,1H3. The Bertz CT molecular complexity index is 312. The van der Waals surface area contributed by atoms with Gasteiger partial charge in [0.05, 0.1) is 6.21 Å². The predicted octanol–water partition coefficient (Wildman–Crippen LogP) is 3.99. The summed E-state index contributed by atoms with van der Waals surface area (Å²) < 4.78 is 1.03. The zero-order valence-electron chi connectivity index (χ0n) is 8.95. The van der Waals surface area contributed by atoms with Crippen molar-refractivity contribution in [2.75, 3.05) is 6.61 Å². The third-order valence-electron chi connectivity index (χ3n) is 2.01. The van der Waals surface area contributed by atoms with Crippen molar-refractivity contribution in [1.29, 1.82) is 0 Å². The van der Waals surface area contributed by atoms with Crippen LogP contribution in [0.1, 0.15) is 31.7 Å². The Kier molecular flexibility index (Phi) is 6.09. The molecule has 0 heterocycles. The van der Waals surface area contributed by atoms with Gasteiger partial charge >= 0.3 is 0 Å². The highest BCUT2D eigenvalue weighted by Gasteiger charge is 1.93. The van der Waals surface area contributed by atoms with Crippen molar-refractivity contribution in [2.24, 2.45) is 5.16 Å². The van der Waals surface area contributed by atoms with E-state index in [2.05, 4.69) is 28.0 Å². The Hall–Kier alpha value is -0.830. The van der Waals surface area contributed by atoms with E-state index in [9.17, 15) is 0 Å². The molecule has 1 aromatic carbocycles. The zero-order chi connectivity index (χ0) is 10.9. The van der Waals surface area contributed by atoms with Gasteiger partial charge in [0.25, 0.3) is 0 Å². The molecule has 2 nitrogen and oxygen atoms in total. The molecule has 0 bridgehead atoms. The van der Waals surface area contributed by atoms with Gasteiger partial charge in [-0.15, -0.1) is 0 Å². The highest BCUT2D eigenvalue weighted by atomic mass is 79.9. The second-order valence-corrected chi connectivity index (χ2v) is 4.15. The van der Waals surface area contributed by atoms with Gasteiger partial charge in [0.2, 0.25) is 0 Å². The third-order valence-corrected chi connectivity index (χ3v) is 2.73. The zero-order valence-corrected chi connectivity index (χ0v) is 10.5. The molecular formula is C12H16BrNO. The first kappa shape index (κ1) is 12.2. The van der Waals surface area contributed by atoms with Gasteiger partial charge in [-0.2, -0.15) is 0 Å². The lowest BCUT2D eigenvalue weighted by molar-refractivity contribution is 0.141. The van der Waals surface area contributed by atoms with E-state index in [4.69, 9.17) is 4.84 Å². The van der Waals surface area contributed by atoms with Crippen molar-refractivity contribution in [1.82, 2.24) is 0 Å². The van der Waals surface area contributed by atoms with Gasteiger partial charge in [0.15, 0.2) is 0 Å². The van der Waals surface area contributed by atoms with Crippen molar-refractivity contribution in [3.05, 3.63) is 34.3 Å². The lowest BCUT2D eigenvalue weighted by Gasteiger charge is -1.98. The topological polar surface area (TPSA) is 21.6 Å². The van der Waals surface area contributed by atoms with E-state index in [-0.39, 0.29) is 0 Å².